The first-order valence-electron chi connectivity index (χ1n) is 8.59. The van der Waals surface area contributed by atoms with E-state index < -0.39 is 0 Å². The van der Waals surface area contributed by atoms with Gasteiger partial charge in [-0.3, -0.25) is 14.2 Å². The number of carbonyl (C=O) groups is 1. The Morgan fingerprint density at radius 1 is 1.04 bits per heavy atom. The summed E-state index contributed by atoms with van der Waals surface area (Å²) in [5, 5.41) is 4.80. The molecule has 0 saturated heterocycles. The Labute approximate surface area is 159 Å². The van der Waals surface area contributed by atoms with Crippen molar-refractivity contribution in [1.29, 1.82) is 0 Å². The zero-order chi connectivity index (χ0) is 18.6. The molecule has 134 valence electrons. The number of hydrogen-bond acceptors (Lipinski definition) is 4. The van der Waals surface area contributed by atoms with E-state index in [0.29, 0.717) is 16.8 Å². The second-order valence-corrected chi connectivity index (χ2v) is 7.00. The predicted octanol–water partition coefficient (Wildman–Crippen LogP) is 4.15. The minimum Gasteiger partial charge on any atom is -0.325 e. The second kappa shape index (κ2) is 7.55. The first kappa shape index (κ1) is 17.2. The Kier molecular flexibility index (Phi) is 4.80. The van der Waals surface area contributed by atoms with Gasteiger partial charge in [0.1, 0.15) is 4.70 Å². The number of carbonyl (C=O) groups excluding carboxylic acids is 1. The molecule has 2 aromatic carbocycles. The lowest BCUT2D eigenvalue weighted by molar-refractivity contribution is -0.116. The number of aryl methyl sites for hydroxylation is 1. The van der Waals surface area contributed by atoms with Crippen molar-refractivity contribution in [1.82, 2.24) is 9.55 Å². The van der Waals surface area contributed by atoms with Crippen LogP contribution >= 0.6 is 11.3 Å². The van der Waals surface area contributed by atoms with E-state index in [1.165, 1.54) is 22.2 Å². The van der Waals surface area contributed by atoms with Crippen molar-refractivity contribution in [2.24, 2.45) is 0 Å². The zero-order valence-electron chi connectivity index (χ0n) is 14.5. The van der Waals surface area contributed by atoms with E-state index in [-0.39, 0.29) is 17.9 Å². The van der Waals surface area contributed by atoms with Gasteiger partial charge in [-0.1, -0.05) is 48.5 Å². The van der Waals surface area contributed by atoms with Gasteiger partial charge >= 0.3 is 0 Å². The van der Waals surface area contributed by atoms with E-state index in [2.05, 4.69) is 10.3 Å². The molecule has 4 rings (SSSR count). The van der Waals surface area contributed by atoms with Crippen molar-refractivity contribution in [3.05, 3.63) is 82.7 Å². The minimum atomic E-state index is -0.142. The fourth-order valence-electron chi connectivity index (χ4n) is 2.93. The van der Waals surface area contributed by atoms with Crippen LogP contribution < -0.4 is 10.9 Å². The molecule has 27 heavy (non-hydrogen) atoms. The Morgan fingerprint density at radius 2 is 1.81 bits per heavy atom. The summed E-state index contributed by atoms with van der Waals surface area (Å²) >= 11 is 1.37. The number of para-hydroxylation sites is 1. The minimum absolute atomic E-state index is 0.104. The number of benzene rings is 2. The molecular weight excluding hydrogens is 358 g/mol. The van der Waals surface area contributed by atoms with Gasteiger partial charge in [0, 0.05) is 24.2 Å². The molecular formula is C21H17N3O2S. The van der Waals surface area contributed by atoms with Gasteiger partial charge in [-0.25, -0.2) is 4.98 Å². The molecule has 2 heterocycles. The smallest absolute Gasteiger partial charge is 0.271 e. The largest absolute Gasteiger partial charge is 0.325 e. The Hall–Kier alpha value is -3.25. The lowest BCUT2D eigenvalue weighted by atomic mass is 10.0. The number of fused-ring (bicyclic) bond motifs is 1. The van der Waals surface area contributed by atoms with Gasteiger partial charge in [-0.2, -0.15) is 0 Å². The zero-order valence-corrected chi connectivity index (χ0v) is 15.3. The lowest BCUT2D eigenvalue weighted by Gasteiger charge is -2.11. The van der Waals surface area contributed by atoms with Crippen molar-refractivity contribution in [2.45, 2.75) is 13.0 Å². The molecule has 2 aromatic heterocycles. The molecule has 0 saturated carbocycles. The molecule has 0 atom stereocenters. The van der Waals surface area contributed by atoms with E-state index in [0.717, 1.165) is 16.8 Å². The molecule has 4 aromatic rings. The molecule has 6 heteroatoms. The summed E-state index contributed by atoms with van der Waals surface area (Å²) in [6.07, 6.45) is 1.70. The summed E-state index contributed by atoms with van der Waals surface area (Å²) in [6.45, 7) is 0.291. The van der Waals surface area contributed by atoms with Crippen LogP contribution in [0.2, 0.25) is 0 Å². The van der Waals surface area contributed by atoms with Crippen LogP contribution in [0.4, 0.5) is 5.69 Å². The molecule has 5 nitrogen and oxygen atoms in total. The van der Waals surface area contributed by atoms with Gasteiger partial charge < -0.3 is 5.32 Å². The number of thiophene rings is 1. The van der Waals surface area contributed by atoms with E-state index in [1.54, 1.807) is 0 Å². The quantitative estimate of drug-likeness (QED) is 0.570. The maximum atomic E-state index is 12.4. The van der Waals surface area contributed by atoms with Crippen LogP contribution in [0, 0.1) is 0 Å². The van der Waals surface area contributed by atoms with Gasteiger partial charge in [0.05, 0.1) is 11.8 Å². The average Bonchev–Trinajstić information content (AvgIpc) is 3.18. The molecule has 0 aliphatic rings. The Morgan fingerprint density at radius 3 is 2.67 bits per heavy atom. The highest BCUT2D eigenvalue weighted by atomic mass is 32.1. The summed E-state index contributed by atoms with van der Waals surface area (Å²) < 4.78 is 2.11. The fourth-order valence-corrected chi connectivity index (χ4v) is 3.73. The SMILES string of the molecule is O=C(CCn1cnc2ccsc2c1=O)Nc1ccccc1-c1ccccc1. The summed E-state index contributed by atoms with van der Waals surface area (Å²) in [7, 11) is 0. The monoisotopic (exact) mass is 375 g/mol. The van der Waals surface area contributed by atoms with Crippen LogP contribution in [-0.2, 0) is 11.3 Å². The Bertz CT molecular complexity index is 1150. The van der Waals surface area contributed by atoms with Crippen LogP contribution in [0.25, 0.3) is 21.3 Å². The standard InChI is InChI=1S/C21H17N3O2S/c25-19(10-12-24-14-22-18-11-13-27-20(18)21(24)26)23-17-9-5-4-8-16(17)15-6-2-1-3-7-15/h1-9,11,13-14H,10,12H2,(H,23,25). The number of anilines is 1. The predicted molar refractivity (Wildman–Crippen MR) is 109 cm³/mol. The number of aromatic nitrogens is 2. The third kappa shape index (κ3) is 3.66. The third-order valence-corrected chi connectivity index (χ3v) is 5.19. The number of amides is 1. The first-order chi connectivity index (χ1) is 13.2. The van der Waals surface area contributed by atoms with Gasteiger partial charge in [-0.05, 0) is 23.1 Å². The van der Waals surface area contributed by atoms with Gasteiger partial charge in [0.15, 0.2) is 0 Å². The molecule has 0 radical (unpaired) electrons. The fraction of sp³-hybridized carbons (Fsp3) is 0.0952. The molecule has 0 aliphatic heterocycles. The lowest BCUT2D eigenvalue weighted by Crippen LogP contribution is -2.23. The van der Waals surface area contributed by atoms with Crippen LogP contribution in [-0.4, -0.2) is 15.5 Å². The number of nitrogens with one attached hydrogen (secondary N) is 1. The highest BCUT2D eigenvalue weighted by molar-refractivity contribution is 7.17. The molecule has 0 aliphatic carbocycles. The van der Waals surface area contributed by atoms with E-state index >= 15 is 0 Å². The molecule has 1 amide bonds. The molecule has 0 spiro atoms. The van der Waals surface area contributed by atoms with Crippen molar-refractivity contribution in [3.63, 3.8) is 0 Å². The van der Waals surface area contributed by atoms with E-state index in [9.17, 15) is 9.59 Å². The second-order valence-electron chi connectivity index (χ2n) is 6.09. The number of hydrogen-bond donors (Lipinski definition) is 1. The summed E-state index contributed by atoms with van der Waals surface area (Å²) in [6, 6.07) is 19.4. The van der Waals surface area contributed by atoms with Crippen LogP contribution in [0.5, 0.6) is 0 Å². The summed E-state index contributed by atoms with van der Waals surface area (Å²) in [5.74, 6) is -0.142. The normalized spacial score (nSPS) is 10.8. The van der Waals surface area contributed by atoms with E-state index in [1.807, 2.05) is 66.0 Å². The van der Waals surface area contributed by atoms with Crippen LogP contribution in [0.1, 0.15) is 6.42 Å². The maximum Gasteiger partial charge on any atom is 0.271 e. The Balaban J connectivity index is 1.49. The average molecular weight is 375 g/mol. The maximum absolute atomic E-state index is 12.4. The van der Waals surface area contributed by atoms with Crippen LogP contribution in [0.15, 0.2) is 77.2 Å². The van der Waals surface area contributed by atoms with Crippen molar-refractivity contribution in [3.8, 4) is 11.1 Å². The van der Waals surface area contributed by atoms with Crippen molar-refractivity contribution in [2.75, 3.05) is 5.32 Å². The summed E-state index contributed by atoms with van der Waals surface area (Å²) in [4.78, 5) is 29.1. The van der Waals surface area contributed by atoms with Crippen molar-refractivity contribution < 1.29 is 4.79 Å². The molecule has 0 bridgehead atoms. The third-order valence-electron chi connectivity index (χ3n) is 4.30. The van der Waals surface area contributed by atoms with Gasteiger partial charge in [-0.15, -0.1) is 11.3 Å². The molecule has 0 fully saturated rings. The number of rotatable bonds is 5. The van der Waals surface area contributed by atoms with E-state index in [4.69, 9.17) is 0 Å². The highest BCUT2D eigenvalue weighted by Gasteiger charge is 2.10. The van der Waals surface area contributed by atoms with Crippen LogP contribution in [0.3, 0.4) is 0 Å². The highest BCUT2D eigenvalue weighted by Crippen LogP contribution is 2.27. The van der Waals surface area contributed by atoms with Gasteiger partial charge in [0.25, 0.3) is 5.56 Å². The molecule has 0 unspecified atom stereocenters. The first-order valence-corrected chi connectivity index (χ1v) is 9.47. The molecule has 1 N–H and O–H groups in total. The topological polar surface area (TPSA) is 64.0 Å². The summed E-state index contributed by atoms with van der Waals surface area (Å²) in [5.41, 5.74) is 3.35. The number of nitrogens with zero attached hydrogens (tertiary/aromatic N) is 2. The van der Waals surface area contributed by atoms with Gasteiger partial charge in [0.2, 0.25) is 5.91 Å². The van der Waals surface area contributed by atoms with Crippen molar-refractivity contribution >= 4 is 33.1 Å².